The Morgan fingerprint density at radius 2 is 1.85 bits per heavy atom. The van der Waals surface area contributed by atoms with Gasteiger partial charge in [-0.1, -0.05) is 30.6 Å². The van der Waals surface area contributed by atoms with Crippen molar-refractivity contribution >= 4 is 0 Å². The standard InChI is InChI=1S/C13H24/c1-5-9-13(4)11-8-6-7-10-12(2)3/h11H,2,5-10H2,1,3-4H3. The van der Waals surface area contributed by atoms with E-state index in [1.807, 2.05) is 0 Å². The molecule has 0 spiro atoms. The molecule has 0 saturated heterocycles. The minimum absolute atomic E-state index is 1.20. The van der Waals surface area contributed by atoms with Gasteiger partial charge in [0.05, 0.1) is 0 Å². The van der Waals surface area contributed by atoms with Crippen molar-refractivity contribution in [2.24, 2.45) is 0 Å². The average Bonchev–Trinajstić information content (AvgIpc) is 2.03. The van der Waals surface area contributed by atoms with Gasteiger partial charge in [-0.3, -0.25) is 0 Å². The molecule has 0 aliphatic heterocycles. The van der Waals surface area contributed by atoms with E-state index in [-0.39, 0.29) is 0 Å². The van der Waals surface area contributed by atoms with E-state index in [4.69, 9.17) is 0 Å². The summed E-state index contributed by atoms with van der Waals surface area (Å²) in [6, 6.07) is 0. The molecule has 0 heteroatoms. The number of allylic oxidation sites excluding steroid dienone is 3. The van der Waals surface area contributed by atoms with Gasteiger partial charge in [0.1, 0.15) is 0 Å². The van der Waals surface area contributed by atoms with Crippen molar-refractivity contribution in [3.63, 3.8) is 0 Å². The smallest absolute Gasteiger partial charge is 0.0326 e. The molecule has 0 aliphatic rings. The highest BCUT2D eigenvalue weighted by Gasteiger charge is 1.89. The summed E-state index contributed by atoms with van der Waals surface area (Å²) in [6.07, 6.45) is 9.98. The number of hydrogen-bond donors (Lipinski definition) is 0. The third-order valence-corrected chi connectivity index (χ3v) is 2.19. The fraction of sp³-hybridized carbons (Fsp3) is 0.692. The molecular weight excluding hydrogens is 156 g/mol. The summed E-state index contributed by atoms with van der Waals surface area (Å²) >= 11 is 0. The average molecular weight is 180 g/mol. The predicted octanol–water partition coefficient (Wildman–Crippen LogP) is 4.87. The zero-order valence-corrected chi connectivity index (χ0v) is 9.53. The Bertz CT molecular complexity index is 163. The first-order valence-corrected chi connectivity index (χ1v) is 5.46. The molecule has 0 aromatic carbocycles. The van der Waals surface area contributed by atoms with Crippen molar-refractivity contribution in [2.75, 3.05) is 0 Å². The van der Waals surface area contributed by atoms with Gasteiger partial charge < -0.3 is 0 Å². The van der Waals surface area contributed by atoms with Crippen LogP contribution in [0.4, 0.5) is 0 Å². The van der Waals surface area contributed by atoms with Crippen LogP contribution in [-0.2, 0) is 0 Å². The molecule has 0 aliphatic carbocycles. The highest BCUT2D eigenvalue weighted by Crippen LogP contribution is 2.09. The first kappa shape index (κ1) is 12.5. The molecule has 13 heavy (non-hydrogen) atoms. The van der Waals surface area contributed by atoms with Crippen molar-refractivity contribution in [3.05, 3.63) is 23.8 Å². The maximum atomic E-state index is 3.90. The van der Waals surface area contributed by atoms with E-state index in [1.165, 1.54) is 44.1 Å². The molecule has 0 aromatic heterocycles. The zero-order chi connectivity index (χ0) is 10.1. The van der Waals surface area contributed by atoms with Gasteiger partial charge in [0.2, 0.25) is 0 Å². The Hall–Kier alpha value is -0.520. The second-order valence-electron chi connectivity index (χ2n) is 4.00. The van der Waals surface area contributed by atoms with Crippen LogP contribution in [0.15, 0.2) is 23.8 Å². The Labute approximate surface area is 83.7 Å². The van der Waals surface area contributed by atoms with Crippen molar-refractivity contribution in [1.82, 2.24) is 0 Å². The minimum atomic E-state index is 1.20. The maximum Gasteiger partial charge on any atom is -0.0326 e. The lowest BCUT2D eigenvalue weighted by atomic mass is 10.1. The molecule has 0 bridgehead atoms. The van der Waals surface area contributed by atoms with Gasteiger partial charge in [-0.05, 0) is 46.0 Å². The van der Waals surface area contributed by atoms with Crippen LogP contribution < -0.4 is 0 Å². The molecule has 0 fully saturated rings. The first-order chi connectivity index (χ1) is 6.16. The maximum absolute atomic E-state index is 3.90. The topological polar surface area (TPSA) is 0 Å². The molecule has 76 valence electrons. The molecule has 0 amide bonds. The summed E-state index contributed by atoms with van der Waals surface area (Å²) in [5, 5.41) is 0. The van der Waals surface area contributed by atoms with E-state index in [9.17, 15) is 0 Å². The van der Waals surface area contributed by atoms with Crippen LogP contribution in [0.1, 0.15) is 59.3 Å². The van der Waals surface area contributed by atoms with Gasteiger partial charge in [0.25, 0.3) is 0 Å². The van der Waals surface area contributed by atoms with Crippen LogP contribution >= 0.6 is 0 Å². The Balaban J connectivity index is 3.33. The molecule has 0 aromatic rings. The SMILES string of the molecule is C=C(C)CCCCC=C(C)CCC. The highest BCUT2D eigenvalue weighted by molar-refractivity contribution is 4.97. The van der Waals surface area contributed by atoms with Crippen molar-refractivity contribution in [1.29, 1.82) is 0 Å². The second kappa shape index (κ2) is 8.10. The van der Waals surface area contributed by atoms with Crippen molar-refractivity contribution in [3.8, 4) is 0 Å². The van der Waals surface area contributed by atoms with Crippen LogP contribution in [0.3, 0.4) is 0 Å². The molecular formula is C13H24. The van der Waals surface area contributed by atoms with Crippen LogP contribution in [0, 0.1) is 0 Å². The molecule has 0 N–H and O–H groups in total. The molecule has 0 nitrogen and oxygen atoms in total. The van der Waals surface area contributed by atoms with Gasteiger partial charge >= 0.3 is 0 Å². The molecule has 0 heterocycles. The van der Waals surface area contributed by atoms with E-state index >= 15 is 0 Å². The monoisotopic (exact) mass is 180 g/mol. The highest BCUT2D eigenvalue weighted by atomic mass is 14.0. The largest absolute Gasteiger partial charge is 0.100 e. The van der Waals surface area contributed by atoms with Gasteiger partial charge in [-0.2, -0.15) is 0 Å². The quantitative estimate of drug-likeness (QED) is 0.387. The molecule has 0 saturated carbocycles. The molecule has 0 rings (SSSR count). The molecule has 0 radical (unpaired) electrons. The lowest BCUT2D eigenvalue weighted by molar-refractivity contribution is 0.738. The first-order valence-electron chi connectivity index (χ1n) is 5.46. The predicted molar refractivity (Wildman–Crippen MR) is 61.9 cm³/mol. The summed E-state index contributed by atoms with van der Waals surface area (Å²) in [4.78, 5) is 0. The Kier molecular flexibility index (Phi) is 7.77. The van der Waals surface area contributed by atoms with Gasteiger partial charge in [-0.25, -0.2) is 0 Å². The van der Waals surface area contributed by atoms with Gasteiger partial charge in [0, 0.05) is 0 Å². The van der Waals surface area contributed by atoms with Crippen LogP contribution in [0.2, 0.25) is 0 Å². The van der Waals surface area contributed by atoms with Crippen LogP contribution in [0.5, 0.6) is 0 Å². The third-order valence-electron chi connectivity index (χ3n) is 2.19. The summed E-state index contributed by atoms with van der Waals surface area (Å²) < 4.78 is 0. The summed E-state index contributed by atoms with van der Waals surface area (Å²) in [5.74, 6) is 0. The molecule has 0 atom stereocenters. The van der Waals surface area contributed by atoms with E-state index < -0.39 is 0 Å². The fourth-order valence-electron chi connectivity index (χ4n) is 1.42. The summed E-state index contributed by atoms with van der Waals surface area (Å²) in [6.45, 7) is 10.5. The van der Waals surface area contributed by atoms with E-state index in [2.05, 4.69) is 33.4 Å². The van der Waals surface area contributed by atoms with E-state index in [1.54, 1.807) is 5.57 Å². The minimum Gasteiger partial charge on any atom is -0.100 e. The van der Waals surface area contributed by atoms with Crippen molar-refractivity contribution in [2.45, 2.75) is 59.3 Å². The summed E-state index contributed by atoms with van der Waals surface area (Å²) in [5.41, 5.74) is 2.87. The zero-order valence-electron chi connectivity index (χ0n) is 9.53. The summed E-state index contributed by atoms with van der Waals surface area (Å²) in [7, 11) is 0. The Morgan fingerprint density at radius 1 is 1.15 bits per heavy atom. The number of rotatable bonds is 7. The van der Waals surface area contributed by atoms with Gasteiger partial charge in [-0.15, -0.1) is 6.58 Å². The lowest BCUT2D eigenvalue weighted by Gasteiger charge is -1.99. The van der Waals surface area contributed by atoms with Crippen LogP contribution in [-0.4, -0.2) is 0 Å². The number of hydrogen-bond acceptors (Lipinski definition) is 0. The number of unbranched alkanes of at least 4 members (excludes halogenated alkanes) is 2. The normalized spacial score (nSPS) is 11.8. The lowest BCUT2D eigenvalue weighted by Crippen LogP contribution is -1.79. The fourth-order valence-corrected chi connectivity index (χ4v) is 1.42. The molecule has 0 unspecified atom stereocenters. The van der Waals surface area contributed by atoms with E-state index in [0.29, 0.717) is 0 Å². The Morgan fingerprint density at radius 3 is 2.38 bits per heavy atom. The van der Waals surface area contributed by atoms with Crippen LogP contribution in [0.25, 0.3) is 0 Å². The van der Waals surface area contributed by atoms with Gasteiger partial charge in [0.15, 0.2) is 0 Å². The van der Waals surface area contributed by atoms with Crippen molar-refractivity contribution < 1.29 is 0 Å². The third kappa shape index (κ3) is 9.39. The second-order valence-corrected chi connectivity index (χ2v) is 4.00. The van der Waals surface area contributed by atoms with E-state index in [0.717, 1.165) is 0 Å².